The Balaban J connectivity index is 2.02. The Hall–Kier alpha value is -1.78. The quantitative estimate of drug-likeness (QED) is 0.816. The van der Waals surface area contributed by atoms with Crippen LogP contribution in [-0.4, -0.2) is 17.2 Å². The van der Waals surface area contributed by atoms with E-state index in [4.69, 9.17) is 14.8 Å². The average Bonchev–Trinajstić information content (AvgIpc) is 2.38. The van der Waals surface area contributed by atoms with Crippen LogP contribution in [0.25, 0.3) is 0 Å². The van der Waals surface area contributed by atoms with Crippen molar-refractivity contribution in [2.24, 2.45) is 0 Å². The molecular formula is C15H17BO3. The van der Waals surface area contributed by atoms with E-state index in [9.17, 15) is 0 Å². The molecule has 2 N–H and O–H groups in total. The van der Waals surface area contributed by atoms with E-state index in [0.717, 1.165) is 16.9 Å². The fraction of sp³-hybridized carbons (Fsp3) is 0.200. The second kappa shape index (κ2) is 5.91. The Bertz CT molecular complexity index is 550. The SMILES string of the molecule is Cc1ccc(OCc2ccc(B(O)O)cc2)c(C)c1. The molecule has 0 amide bonds. The van der Waals surface area contributed by atoms with E-state index in [1.54, 1.807) is 12.1 Å². The minimum absolute atomic E-state index is 0.464. The average molecular weight is 256 g/mol. The second-order valence-corrected chi connectivity index (χ2v) is 4.67. The molecule has 0 aliphatic carbocycles. The van der Waals surface area contributed by atoms with Crippen LogP contribution >= 0.6 is 0 Å². The summed E-state index contributed by atoms with van der Waals surface area (Å²) in [5, 5.41) is 18.0. The number of hydrogen-bond acceptors (Lipinski definition) is 3. The summed E-state index contributed by atoms with van der Waals surface area (Å²) in [5.41, 5.74) is 3.80. The van der Waals surface area contributed by atoms with E-state index in [-0.39, 0.29) is 0 Å². The molecule has 0 atom stereocenters. The van der Waals surface area contributed by atoms with Crippen molar-refractivity contribution in [2.45, 2.75) is 20.5 Å². The van der Waals surface area contributed by atoms with Crippen LogP contribution in [0.4, 0.5) is 0 Å². The molecule has 0 bridgehead atoms. The molecule has 0 saturated carbocycles. The van der Waals surface area contributed by atoms with Gasteiger partial charge in [-0.3, -0.25) is 0 Å². The molecule has 19 heavy (non-hydrogen) atoms. The van der Waals surface area contributed by atoms with Crippen molar-refractivity contribution < 1.29 is 14.8 Å². The standard InChI is InChI=1S/C15H17BO3/c1-11-3-8-15(12(2)9-11)19-10-13-4-6-14(7-5-13)16(17)18/h3-9,17-18H,10H2,1-2H3. The van der Waals surface area contributed by atoms with Crippen molar-refractivity contribution in [3.63, 3.8) is 0 Å². The fourth-order valence-corrected chi connectivity index (χ4v) is 1.91. The maximum atomic E-state index is 9.01. The molecule has 0 aromatic heterocycles. The smallest absolute Gasteiger partial charge is 0.488 e. The number of ether oxygens (including phenoxy) is 1. The van der Waals surface area contributed by atoms with E-state index in [0.29, 0.717) is 12.1 Å². The van der Waals surface area contributed by atoms with Gasteiger partial charge < -0.3 is 14.8 Å². The lowest BCUT2D eigenvalue weighted by Gasteiger charge is -2.10. The molecule has 2 aromatic carbocycles. The summed E-state index contributed by atoms with van der Waals surface area (Å²) in [6, 6.07) is 13.1. The molecule has 0 unspecified atom stereocenters. The Morgan fingerprint density at radius 1 is 1.00 bits per heavy atom. The van der Waals surface area contributed by atoms with Crippen LogP contribution in [-0.2, 0) is 6.61 Å². The van der Waals surface area contributed by atoms with Crippen LogP contribution in [0.1, 0.15) is 16.7 Å². The topological polar surface area (TPSA) is 49.7 Å². The maximum absolute atomic E-state index is 9.01. The monoisotopic (exact) mass is 256 g/mol. The van der Waals surface area contributed by atoms with Gasteiger partial charge in [0.15, 0.2) is 0 Å². The Labute approximate surface area is 113 Å². The summed E-state index contributed by atoms with van der Waals surface area (Å²) >= 11 is 0. The Morgan fingerprint density at radius 3 is 2.26 bits per heavy atom. The predicted octanol–water partition coefficient (Wildman–Crippen LogP) is 1.56. The first-order chi connectivity index (χ1) is 9.06. The molecule has 0 fully saturated rings. The van der Waals surface area contributed by atoms with Gasteiger partial charge in [-0.05, 0) is 36.5 Å². The first-order valence-electron chi connectivity index (χ1n) is 6.21. The van der Waals surface area contributed by atoms with Crippen LogP contribution in [0.5, 0.6) is 5.75 Å². The molecule has 3 nitrogen and oxygen atoms in total. The molecule has 0 aliphatic rings. The first kappa shape index (κ1) is 13.7. The van der Waals surface area contributed by atoms with Crippen molar-refractivity contribution in [1.82, 2.24) is 0 Å². The fourth-order valence-electron chi connectivity index (χ4n) is 1.91. The van der Waals surface area contributed by atoms with Crippen molar-refractivity contribution in [3.05, 3.63) is 59.2 Å². The lowest BCUT2D eigenvalue weighted by atomic mass is 9.80. The van der Waals surface area contributed by atoms with Gasteiger partial charge in [-0.2, -0.15) is 0 Å². The van der Waals surface area contributed by atoms with Gasteiger partial charge in [0, 0.05) is 0 Å². The largest absolute Gasteiger partial charge is 0.489 e. The third kappa shape index (κ3) is 3.59. The van der Waals surface area contributed by atoms with Crippen molar-refractivity contribution >= 4 is 12.6 Å². The number of hydrogen-bond donors (Lipinski definition) is 2. The molecule has 0 saturated heterocycles. The normalized spacial score (nSPS) is 10.3. The minimum Gasteiger partial charge on any atom is -0.489 e. The highest BCUT2D eigenvalue weighted by molar-refractivity contribution is 6.58. The van der Waals surface area contributed by atoms with Crippen molar-refractivity contribution in [2.75, 3.05) is 0 Å². The van der Waals surface area contributed by atoms with Crippen LogP contribution in [0.15, 0.2) is 42.5 Å². The van der Waals surface area contributed by atoms with E-state index in [1.165, 1.54) is 5.56 Å². The van der Waals surface area contributed by atoms with E-state index in [2.05, 4.69) is 13.0 Å². The predicted molar refractivity (Wildman–Crippen MR) is 76.5 cm³/mol. The molecule has 4 heteroatoms. The Morgan fingerprint density at radius 2 is 1.68 bits per heavy atom. The third-order valence-electron chi connectivity index (χ3n) is 3.00. The van der Waals surface area contributed by atoms with Crippen LogP contribution in [0.2, 0.25) is 0 Å². The highest BCUT2D eigenvalue weighted by Crippen LogP contribution is 2.19. The Kier molecular flexibility index (Phi) is 4.25. The first-order valence-corrected chi connectivity index (χ1v) is 6.21. The molecule has 0 heterocycles. The minimum atomic E-state index is -1.42. The zero-order valence-corrected chi connectivity index (χ0v) is 11.1. The zero-order valence-electron chi connectivity index (χ0n) is 11.1. The highest BCUT2D eigenvalue weighted by Gasteiger charge is 2.09. The number of benzene rings is 2. The van der Waals surface area contributed by atoms with Crippen molar-refractivity contribution in [3.8, 4) is 5.75 Å². The molecule has 2 rings (SSSR count). The molecule has 0 spiro atoms. The summed E-state index contributed by atoms with van der Waals surface area (Å²) in [5.74, 6) is 0.872. The summed E-state index contributed by atoms with van der Waals surface area (Å²) < 4.78 is 5.75. The molecule has 2 aromatic rings. The molecule has 0 aliphatic heterocycles. The lowest BCUT2D eigenvalue weighted by Crippen LogP contribution is -2.29. The zero-order chi connectivity index (χ0) is 13.8. The molecule has 98 valence electrons. The third-order valence-corrected chi connectivity index (χ3v) is 3.00. The van der Waals surface area contributed by atoms with Gasteiger partial charge in [-0.15, -0.1) is 0 Å². The van der Waals surface area contributed by atoms with E-state index in [1.807, 2.05) is 31.2 Å². The van der Waals surface area contributed by atoms with Gasteiger partial charge in [0.05, 0.1) is 0 Å². The second-order valence-electron chi connectivity index (χ2n) is 4.67. The lowest BCUT2D eigenvalue weighted by molar-refractivity contribution is 0.304. The van der Waals surface area contributed by atoms with Crippen LogP contribution < -0.4 is 10.2 Å². The number of rotatable bonds is 4. The maximum Gasteiger partial charge on any atom is 0.488 e. The van der Waals surface area contributed by atoms with E-state index < -0.39 is 7.12 Å². The van der Waals surface area contributed by atoms with Gasteiger partial charge in [0.1, 0.15) is 12.4 Å². The summed E-state index contributed by atoms with van der Waals surface area (Å²) in [7, 11) is -1.42. The summed E-state index contributed by atoms with van der Waals surface area (Å²) in [6.45, 7) is 4.54. The summed E-state index contributed by atoms with van der Waals surface area (Å²) in [6.07, 6.45) is 0. The van der Waals surface area contributed by atoms with Gasteiger partial charge >= 0.3 is 7.12 Å². The van der Waals surface area contributed by atoms with Crippen molar-refractivity contribution in [1.29, 1.82) is 0 Å². The van der Waals surface area contributed by atoms with Crippen LogP contribution in [0, 0.1) is 13.8 Å². The highest BCUT2D eigenvalue weighted by atomic mass is 16.5. The van der Waals surface area contributed by atoms with Gasteiger partial charge in [-0.25, -0.2) is 0 Å². The molecule has 0 radical (unpaired) electrons. The molecular weight excluding hydrogens is 239 g/mol. The number of aryl methyl sites for hydroxylation is 2. The van der Waals surface area contributed by atoms with Gasteiger partial charge in [-0.1, -0.05) is 42.0 Å². The van der Waals surface area contributed by atoms with Crippen LogP contribution in [0.3, 0.4) is 0 Å². The van der Waals surface area contributed by atoms with E-state index >= 15 is 0 Å². The van der Waals surface area contributed by atoms with Gasteiger partial charge in [0.2, 0.25) is 0 Å². The van der Waals surface area contributed by atoms with Gasteiger partial charge in [0.25, 0.3) is 0 Å². The summed E-state index contributed by atoms with van der Waals surface area (Å²) in [4.78, 5) is 0.